The fourth-order valence-electron chi connectivity index (χ4n) is 4.73. The number of hydrogen-bond donors (Lipinski definition) is 1. The van der Waals surface area contributed by atoms with E-state index in [4.69, 9.17) is 0 Å². The van der Waals surface area contributed by atoms with Crippen LogP contribution in [0, 0.1) is 11.3 Å². The third kappa shape index (κ3) is 4.81. The Morgan fingerprint density at radius 1 is 1.06 bits per heavy atom. The number of amides is 1. The molecule has 0 spiro atoms. The summed E-state index contributed by atoms with van der Waals surface area (Å²) >= 11 is 0. The molecule has 2 aliphatic rings. The molecule has 6 nitrogen and oxygen atoms in total. The molecule has 1 saturated heterocycles. The van der Waals surface area contributed by atoms with Crippen LogP contribution < -0.4 is 10.2 Å². The average molecular weight is 520 g/mol. The summed E-state index contributed by atoms with van der Waals surface area (Å²) in [6, 6.07) is 12.6. The highest BCUT2D eigenvalue weighted by Crippen LogP contribution is 2.41. The summed E-state index contributed by atoms with van der Waals surface area (Å²) in [7, 11) is -4.45. The third-order valence-corrected chi connectivity index (χ3v) is 9.04. The first-order valence-electron chi connectivity index (χ1n) is 11.7. The molecule has 2 aromatic carbocycles. The lowest BCUT2D eigenvalue weighted by Crippen LogP contribution is -2.48. The van der Waals surface area contributed by atoms with Gasteiger partial charge in [-0.2, -0.15) is 18.4 Å². The lowest BCUT2D eigenvalue weighted by atomic mass is 9.85. The second kappa shape index (κ2) is 8.80. The lowest BCUT2D eigenvalue weighted by Gasteiger charge is -2.32. The maximum absolute atomic E-state index is 13.7. The van der Waals surface area contributed by atoms with Crippen molar-refractivity contribution in [3.63, 3.8) is 0 Å². The molecule has 1 saturated carbocycles. The molecule has 2 aromatic rings. The van der Waals surface area contributed by atoms with E-state index in [1.54, 1.807) is 17.0 Å². The van der Waals surface area contributed by atoms with Crippen LogP contribution in [0.4, 0.5) is 18.9 Å². The lowest BCUT2D eigenvalue weighted by molar-refractivity contribution is -0.139. The molecule has 1 heterocycles. The minimum atomic E-state index is -4.84. The van der Waals surface area contributed by atoms with Gasteiger partial charge in [0.1, 0.15) is 11.6 Å². The Balaban J connectivity index is 1.77. The number of anilines is 1. The van der Waals surface area contributed by atoms with Gasteiger partial charge in [0.2, 0.25) is 5.91 Å². The third-order valence-electron chi connectivity index (χ3n) is 6.85. The molecule has 2 atom stereocenters. The number of para-hydroxylation sites is 1. The number of hydrogen-bond acceptors (Lipinski definition) is 5. The van der Waals surface area contributed by atoms with Crippen LogP contribution in [-0.4, -0.2) is 37.7 Å². The number of sulfone groups is 1. The first-order chi connectivity index (χ1) is 16.7. The van der Waals surface area contributed by atoms with Gasteiger partial charge in [-0.15, -0.1) is 0 Å². The van der Waals surface area contributed by atoms with Gasteiger partial charge in [0.05, 0.1) is 21.8 Å². The normalized spacial score (nSPS) is 21.6. The fraction of sp³-hybridized carbons (Fsp3) is 0.462. The second-order valence-corrected chi connectivity index (χ2v) is 12.7. The molecule has 36 heavy (non-hydrogen) atoms. The number of nitriles is 1. The van der Waals surface area contributed by atoms with Crippen molar-refractivity contribution in [2.75, 3.05) is 11.4 Å². The maximum Gasteiger partial charge on any atom is 0.417 e. The standard InChI is InChI=1S/C26H28F3N3O3S/c1-24(2,3)18-8-4-6-10-20(18)32-15-17(14-21(32)23(33)31-25(16-30)12-13-25)36(34,35)22-11-7-5-9-19(22)26(27,28)29/h4-11,17,21H,12-15H2,1-3H3,(H,31,33). The van der Waals surface area contributed by atoms with Crippen LogP contribution in [0.2, 0.25) is 0 Å². The number of nitrogens with zero attached hydrogens (tertiary/aromatic N) is 2. The minimum Gasteiger partial charge on any atom is -0.358 e. The molecule has 2 unspecified atom stereocenters. The van der Waals surface area contributed by atoms with E-state index in [1.807, 2.05) is 32.9 Å². The maximum atomic E-state index is 13.7. The number of nitrogens with one attached hydrogen (secondary N) is 1. The molecule has 0 bridgehead atoms. The van der Waals surface area contributed by atoms with Gasteiger partial charge in [0.25, 0.3) is 0 Å². The second-order valence-electron chi connectivity index (χ2n) is 10.5. The van der Waals surface area contributed by atoms with Crippen molar-refractivity contribution >= 4 is 21.4 Å². The molecule has 0 radical (unpaired) electrons. The van der Waals surface area contributed by atoms with Crippen LogP contribution in [0.15, 0.2) is 53.4 Å². The zero-order chi connectivity index (χ0) is 26.5. The number of benzene rings is 2. The molecule has 192 valence electrons. The summed E-state index contributed by atoms with van der Waals surface area (Å²) < 4.78 is 68.1. The molecule has 1 aliphatic carbocycles. The highest BCUT2D eigenvalue weighted by atomic mass is 32.2. The van der Waals surface area contributed by atoms with E-state index < -0.39 is 49.2 Å². The van der Waals surface area contributed by atoms with E-state index in [1.165, 1.54) is 6.07 Å². The first-order valence-corrected chi connectivity index (χ1v) is 13.2. The predicted octanol–water partition coefficient (Wildman–Crippen LogP) is 4.60. The van der Waals surface area contributed by atoms with Crippen LogP contribution in [0.3, 0.4) is 0 Å². The van der Waals surface area contributed by atoms with Crippen molar-refractivity contribution in [3.8, 4) is 6.07 Å². The van der Waals surface area contributed by atoms with Gasteiger partial charge >= 0.3 is 6.18 Å². The van der Waals surface area contributed by atoms with Crippen LogP contribution >= 0.6 is 0 Å². The molecular weight excluding hydrogens is 491 g/mol. The molecular formula is C26H28F3N3O3S. The van der Waals surface area contributed by atoms with E-state index in [0.717, 1.165) is 23.8 Å². The van der Waals surface area contributed by atoms with Crippen LogP contribution in [-0.2, 0) is 26.2 Å². The zero-order valence-corrected chi connectivity index (χ0v) is 21.1. The van der Waals surface area contributed by atoms with Gasteiger partial charge in [0.15, 0.2) is 9.84 Å². The van der Waals surface area contributed by atoms with E-state index in [9.17, 15) is 31.6 Å². The van der Waals surface area contributed by atoms with Crippen molar-refractivity contribution in [1.82, 2.24) is 5.32 Å². The number of carbonyl (C=O) groups is 1. The molecule has 10 heteroatoms. The Hall–Kier alpha value is -3.06. The van der Waals surface area contributed by atoms with Gasteiger partial charge in [-0.3, -0.25) is 4.79 Å². The zero-order valence-electron chi connectivity index (χ0n) is 20.3. The van der Waals surface area contributed by atoms with Crippen molar-refractivity contribution in [2.24, 2.45) is 0 Å². The van der Waals surface area contributed by atoms with Gasteiger partial charge in [-0.05, 0) is 48.4 Å². The Kier molecular flexibility index (Phi) is 6.36. The van der Waals surface area contributed by atoms with Gasteiger partial charge in [-0.1, -0.05) is 51.1 Å². The molecule has 1 N–H and O–H groups in total. The number of rotatable bonds is 5. The van der Waals surface area contributed by atoms with E-state index in [2.05, 4.69) is 11.4 Å². The highest BCUT2D eigenvalue weighted by molar-refractivity contribution is 7.92. The molecule has 4 rings (SSSR count). The van der Waals surface area contributed by atoms with Crippen LogP contribution in [0.5, 0.6) is 0 Å². The van der Waals surface area contributed by atoms with Crippen molar-refractivity contribution in [3.05, 3.63) is 59.7 Å². The summed E-state index contributed by atoms with van der Waals surface area (Å²) in [5.74, 6) is -0.500. The first kappa shape index (κ1) is 26.0. The number of alkyl halides is 3. The largest absolute Gasteiger partial charge is 0.417 e. The SMILES string of the molecule is CC(C)(C)c1ccccc1N1CC(S(=O)(=O)c2ccccc2C(F)(F)F)CC1C(=O)NC1(C#N)CC1. The van der Waals surface area contributed by atoms with E-state index in [0.29, 0.717) is 18.5 Å². The molecule has 0 aromatic heterocycles. The van der Waals surface area contributed by atoms with E-state index in [-0.39, 0.29) is 18.4 Å². The van der Waals surface area contributed by atoms with Gasteiger partial charge < -0.3 is 10.2 Å². The summed E-state index contributed by atoms with van der Waals surface area (Å²) in [5, 5.41) is 10.9. The predicted molar refractivity (Wildman–Crippen MR) is 129 cm³/mol. The minimum absolute atomic E-state index is 0.154. The number of carbonyl (C=O) groups excluding carboxylic acids is 1. The van der Waals surface area contributed by atoms with Gasteiger partial charge in [-0.25, -0.2) is 8.42 Å². The summed E-state index contributed by atoms with van der Waals surface area (Å²) in [5.41, 5.74) is -1.01. The highest BCUT2D eigenvalue weighted by Gasteiger charge is 2.50. The Morgan fingerprint density at radius 2 is 1.64 bits per heavy atom. The van der Waals surface area contributed by atoms with Gasteiger partial charge in [0, 0.05) is 12.2 Å². The topological polar surface area (TPSA) is 90.3 Å². The quantitative estimate of drug-likeness (QED) is 0.624. The van der Waals surface area contributed by atoms with Crippen LogP contribution in [0.1, 0.15) is 51.2 Å². The van der Waals surface area contributed by atoms with Crippen LogP contribution in [0.25, 0.3) is 0 Å². The Labute approximate surface area is 209 Å². The monoisotopic (exact) mass is 519 g/mol. The van der Waals surface area contributed by atoms with E-state index >= 15 is 0 Å². The van der Waals surface area contributed by atoms with Crippen molar-refractivity contribution < 1.29 is 26.4 Å². The van der Waals surface area contributed by atoms with Crippen molar-refractivity contribution in [2.45, 2.75) is 73.4 Å². The van der Waals surface area contributed by atoms with Crippen molar-refractivity contribution in [1.29, 1.82) is 5.26 Å². The molecule has 1 aliphatic heterocycles. The molecule has 2 fully saturated rings. The smallest absolute Gasteiger partial charge is 0.358 e. The summed E-state index contributed by atoms with van der Waals surface area (Å²) in [4.78, 5) is 14.2. The summed E-state index contributed by atoms with van der Waals surface area (Å²) in [6.07, 6.45) is -4.04. The Morgan fingerprint density at radius 3 is 2.19 bits per heavy atom. The average Bonchev–Trinajstić information content (AvgIpc) is 3.43. The summed E-state index contributed by atoms with van der Waals surface area (Å²) in [6.45, 7) is 5.80. The number of halogens is 3. The Bertz CT molecular complexity index is 1320. The molecule has 1 amide bonds. The fourth-order valence-corrected chi connectivity index (χ4v) is 6.64.